The highest BCUT2D eigenvalue weighted by Gasteiger charge is 2.46. The van der Waals surface area contributed by atoms with E-state index in [1.54, 1.807) is 30.3 Å². The zero-order valence-electron chi connectivity index (χ0n) is 14.5. The molecule has 0 unspecified atom stereocenters. The Balaban J connectivity index is 1.55. The van der Waals surface area contributed by atoms with Gasteiger partial charge in [0.25, 0.3) is 0 Å². The van der Waals surface area contributed by atoms with Crippen molar-refractivity contribution in [3.8, 4) is 0 Å². The van der Waals surface area contributed by atoms with E-state index in [-0.39, 0.29) is 12.2 Å². The molecule has 3 N–H and O–H groups in total. The summed E-state index contributed by atoms with van der Waals surface area (Å²) in [5.74, 6) is -0.728. The van der Waals surface area contributed by atoms with E-state index in [1.165, 1.54) is 0 Å². The Morgan fingerprint density at radius 3 is 2.22 bits per heavy atom. The third-order valence-corrected chi connectivity index (χ3v) is 4.31. The fourth-order valence-electron chi connectivity index (χ4n) is 2.82. The van der Waals surface area contributed by atoms with Gasteiger partial charge >= 0.3 is 5.97 Å². The number of rotatable bonds is 6. The van der Waals surface area contributed by atoms with Gasteiger partial charge in [-0.1, -0.05) is 48.5 Å². The van der Waals surface area contributed by atoms with Gasteiger partial charge in [0.1, 0.15) is 18.3 Å². The average Bonchev–Trinajstić information content (AvgIpc) is 2.70. The van der Waals surface area contributed by atoms with Gasteiger partial charge < -0.3 is 29.5 Å². The van der Waals surface area contributed by atoms with E-state index >= 15 is 0 Å². The van der Waals surface area contributed by atoms with Gasteiger partial charge in [0.15, 0.2) is 12.4 Å². The van der Waals surface area contributed by atoms with Crippen molar-refractivity contribution >= 4 is 5.97 Å². The summed E-state index contributed by atoms with van der Waals surface area (Å²) in [5.41, 5.74) is 1.21. The summed E-state index contributed by atoms with van der Waals surface area (Å²) in [5, 5.41) is 30.6. The summed E-state index contributed by atoms with van der Waals surface area (Å²) in [4.78, 5) is 12.1. The Labute approximate surface area is 156 Å². The van der Waals surface area contributed by atoms with E-state index in [2.05, 4.69) is 0 Å². The summed E-state index contributed by atoms with van der Waals surface area (Å²) in [6, 6.07) is 17.6. The van der Waals surface area contributed by atoms with Crippen LogP contribution in [0.25, 0.3) is 0 Å². The third-order valence-electron chi connectivity index (χ3n) is 4.31. The summed E-state index contributed by atoms with van der Waals surface area (Å²) < 4.78 is 15.9. The first-order chi connectivity index (χ1) is 13.1. The van der Waals surface area contributed by atoms with Gasteiger partial charge in [0.05, 0.1) is 18.8 Å². The molecule has 0 spiro atoms. The summed E-state index contributed by atoms with van der Waals surface area (Å²) in [6.45, 7) is 0.259. The van der Waals surface area contributed by atoms with Gasteiger partial charge in [0.2, 0.25) is 0 Å². The molecular formula is C20H22O7. The first-order valence-electron chi connectivity index (χ1n) is 8.63. The molecule has 0 aromatic heterocycles. The molecule has 3 rings (SSSR count). The minimum atomic E-state index is -1.58. The monoisotopic (exact) mass is 374 g/mol. The second-order valence-corrected chi connectivity index (χ2v) is 6.28. The van der Waals surface area contributed by atoms with Crippen molar-refractivity contribution in [3.05, 3.63) is 71.8 Å². The Bertz CT molecular complexity index is 722. The van der Waals surface area contributed by atoms with Crippen molar-refractivity contribution in [2.75, 3.05) is 6.61 Å². The number of benzene rings is 2. The Hall–Kier alpha value is -2.29. The van der Waals surface area contributed by atoms with Gasteiger partial charge in [0, 0.05) is 0 Å². The first kappa shape index (κ1) is 19.5. The molecule has 1 fully saturated rings. The predicted octanol–water partition coefficient (Wildman–Crippen LogP) is 0.868. The van der Waals surface area contributed by atoms with Crippen molar-refractivity contribution in [2.45, 2.75) is 37.3 Å². The number of aliphatic hydroxyl groups excluding tert-OH is 3. The Morgan fingerprint density at radius 1 is 0.926 bits per heavy atom. The van der Waals surface area contributed by atoms with Crippen LogP contribution in [0.1, 0.15) is 15.9 Å². The van der Waals surface area contributed by atoms with Crippen molar-refractivity contribution in [1.82, 2.24) is 0 Å². The minimum Gasteiger partial charge on any atom is -0.450 e. The lowest BCUT2D eigenvalue weighted by atomic mass is 9.99. The number of aliphatic hydroxyl groups is 3. The first-order valence-corrected chi connectivity index (χ1v) is 8.63. The highest BCUT2D eigenvalue weighted by atomic mass is 16.7. The van der Waals surface area contributed by atoms with E-state index in [1.807, 2.05) is 30.3 Å². The van der Waals surface area contributed by atoms with Crippen LogP contribution in [0.4, 0.5) is 0 Å². The standard InChI is InChI=1S/C20H22O7/c21-16-15(12-25-11-13-7-3-1-4-8-13)26-20(24)18(17(16)22)27-19(23)14-9-5-2-6-10-14/h1-10,15-18,20-22,24H,11-12H2/t15-,16-,17+,18-,20+/m1/s1. The number of carbonyl (C=O) groups excluding carboxylic acids is 1. The predicted molar refractivity (Wildman–Crippen MR) is 94.6 cm³/mol. The summed E-state index contributed by atoms with van der Waals surface area (Å²) >= 11 is 0. The Kier molecular flexibility index (Phi) is 6.54. The lowest BCUT2D eigenvalue weighted by molar-refractivity contribution is -0.288. The van der Waals surface area contributed by atoms with Crippen LogP contribution in [0, 0.1) is 0 Å². The Morgan fingerprint density at radius 2 is 1.56 bits per heavy atom. The molecule has 7 nitrogen and oxygen atoms in total. The number of hydrogen-bond donors (Lipinski definition) is 3. The maximum Gasteiger partial charge on any atom is 0.338 e. The van der Waals surface area contributed by atoms with E-state index in [0.717, 1.165) is 5.56 Å². The van der Waals surface area contributed by atoms with Crippen LogP contribution in [0.15, 0.2) is 60.7 Å². The molecule has 1 aliphatic heterocycles. The van der Waals surface area contributed by atoms with Crippen LogP contribution in [0.3, 0.4) is 0 Å². The number of carbonyl (C=O) groups is 1. The molecule has 0 aliphatic carbocycles. The molecule has 1 aliphatic rings. The molecule has 2 aromatic carbocycles. The van der Waals surface area contributed by atoms with Crippen molar-refractivity contribution in [3.63, 3.8) is 0 Å². The minimum absolute atomic E-state index is 0.0382. The zero-order chi connectivity index (χ0) is 19.2. The van der Waals surface area contributed by atoms with Gasteiger partial charge in [-0.15, -0.1) is 0 Å². The van der Waals surface area contributed by atoms with E-state index in [0.29, 0.717) is 6.61 Å². The largest absolute Gasteiger partial charge is 0.450 e. The van der Waals surface area contributed by atoms with Gasteiger partial charge in [-0.25, -0.2) is 4.79 Å². The highest BCUT2D eigenvalue weighted by Crippen LogP contribution is 2.24. The molecule has 0 amide bonds. The normalized spacial score (nSPS) is 27.9. The van der Waals surface area contributed by atoms with Crippen LogP contribution < -0.4 is 0 Å². The summed E-state index contributed by atoms with van der Waals surface area (Å²) in [7, 11) is 0. The second-order valence-electron chi connectivity index (χ2n) is 6.28. The SMILES string of the molecule is O=C(O[C@@H]1[C@@H](O)[C@H](O)[C@@H](COCc2ccccc2)O[C@@H]1O)c1ccccc1. The molecule has 1 saturated heterocycles. The molecule has 0 saturated carbocycles. The summed E-state index contributed by atoms with van der Waals surface area (Å²) in [6.07, 6.45) is -6.82. The smallest absolute Gasteiger partial charge is 0.338 e. The third kappa shape index (κ3) is 4.91. The average molecular weight is 374 g/mol. The highest BCUT2D eigenvalue weighted by molar-refractivity contribution is 5.89. The topological polar surface area (TPSA) is 105 Å². The fraction of sp³-hybridized carbons (Fsp3) is 0.350. The van der Waals surface area contributed by atoms with Crippen molar-refractivity contribution in [2.24, 2.45) is 0 Å². The van der Waals surface area contributed by atoms with Gasteiger partial charge in [-0.2, -0.15) is 0 Å². The molecule has 27 heavy (non-hydrogen) atoms. The van der Waals surface area contributed by atoms with Gasteiger partial charge in [-0.3, -0.25) is 0 Å². The zero-order valence-corrected chi connectivity index (χ0v) is 14.5. The number of ether oxygens (including phenoxy) is 3. The molecular weight excluding hydrogens is 352 g/mol. The molecule has 0 radical (unpaired) electrons. The van der Waals surface area contributed by atoms with Crippen LogP contribution in [-0.2, 0) is 20.8 Å². The van der Waals surface area contributed by atoms with Gasteiger partial charge in [-0.05, 0) is 17.7 Å². The molecule has 7 heteroatoms. The second kappa shape index (κ2) is 9.07. The fourth-order valence-corrected chi connectivity index (χ4v) is 2.82. The lowest BCUT2D eigenvalue weighted by Crippen LogP contribution is -2.59. The molecule has 5 atom stereocenters. The van der Waals surface area contributed by atoms with Crippen LogP contribution in [-0.4, -0.2) is 58.6 Å². The molecule has 1 heterocycles. The van der Waals surface area contributed by atoms with Crippen LogP contribution >= 0.6 is 0 Å². The number of esters is 1. The number of hydrogen-bond acceptors (Lipinski definition) is 7. The van der Waals surface area contributed by atoms with Crippen LogP contribution in [0.5, 0.6) is 0 Å². The van der Waals surface area contributed by atoms with Crippen molar-refractivity contribution in [1.29, 1.82) is 0 Å². The van der Waals surface area contributed by atoms with E-state index in [9.17, 15) is 20.1 Å². The molecule has 144 valence electrons. The van der Waals surface area contributed by atoms with Crippen LogP contribution in [0.2, 0.25) is 0 Å². The maximum absolute atomic E-state index is 12.1. The quantitative estimate of drug-likeness (QED) is 0.644. The lowest BCUT2D eigenvalue weighted by Gasteiger charge is -2.39. The molecule has 2 aromatic rings. The molecule has 0 bridgehead atoms. The maximum atomic E-state index is 12.1. The van der Waals surface area contributed by atoms with E-state index < -0.39 is 36.7 Å². The van der Waals surface area contributed by atoms with Crippen molar-refractivity contribution < 1.29 is 34.3 Å². The van der Waals surface area contributed by atoms with E-state index in [4.69, 9.17) is 14.2 Å².